The van der Waals surface area contributed by atoms with Crippen LogP contribution >= 0.6 is 0 Å². The van der Waals surface area contributed by atoms with Gasteiger partial charge in [-0.15, -0.1) is 0 Å². The fourth-order valence-electron chi connectivity index (χ4n) is 3.28. The van der Waals surface area contributed by atoms with Gasteiger partial charge in [-0.3, -0.25) is 0 Å². The van der Waals surface area contributed by atoms with Gasteiger partial charge in [0.05, 0.1) is 0 Å². The smallest absolute Gasteiger partial charge is 0.120 e. The highest BCUT2D eigenvalue weighted by molar-refractivity contribution is 5.57. The molecule has 36 heavy (non-hydrogen) atoms. The van der Waals surface area contributed by atoms with Crippen molar-refractivity contribution >= 4 is 0 Å². The standard InChI is InChI=1S/C30H18O6/c31-25-10-22(11-26(32)16-25)4-1-19-7-20(2-5-23-12-27(33)17-28(34)13-23)9-21(8-19)3-6-24-14-29(35)18-30(36)15-24/h7-18,31-36H. The molecule has 0 aliphatic carbocycles. The SMILES string of the molecule is Oc1cc(O)cc(C#Cc2cc(C#Cc3cc(O)cc(O)c3)cc(C#Cc3cc(O)cc(O)c3)c2)c1. The van der Waals surface area contributed by atoms with Gasteiger partial charge in [0.1, 0.15) is 34.5 Å². The minimum Gasteiger partial charge on any atom is -0.508 e. The van der Waals surface area contributed by atoms with E-state index in [-0.39, 0.29) is 34.5 Å². The summed E-state index contributed by atoms with van der Waals surface area (Å²) in [5, 5.41) is 58.1. The van der Waals surface area contributed by atoms with Crippen molar-refractivity contribution in [3.63, 3.8) is 0 Å². The molecule has 6 N–H and O–H groups in total. The minimum atomic E-state index is -0.116. The van der Waals surface area contributed by atoms with Crippen LogP contribution in [0.4, 0.5) is 0 Å². The van der Waals surface area contributed by atoms with Crippen molar-refractivity contribution in [1.82, 2.24) is 0 Å². The molecule has 0 saturated carbocycles. The van der Waals surface area contributed by atoms with E-state index in [9.17, 15) is 30.6 Å². The predicted octanol–water partition coefficient (Wildman–Crippen LogP) is 4.12. The summed E-state index contributed by atoms with van der Waals surface area (Å²) in [6.45, 7) is 0. The van der Waals surface area contributed by atoms with Crippen LogP contribution in [0.3, 0.4) is 0 Å². The molecule has 0 aliphatic heterocycles. The van der Waals surface area contributed by atoms with Crippen LogP contribution in [0, 0.1) is 35.5 Å². The maximum atomic E-state index is 9.68. The van der Waals surface area contributed by atoms with E-state index < -0.39 is 0 Å². The second-order valence-electron chi connectivity index (χ2n) is 7.76. The van der Waals surface area contributed by atoms with Crippen LogP contribution in [0.5, 0.6) is 34.5 Å². The number of benzene rings is 4. The highest BCUT2D eigenvalue weighted by atomic mass is 16.3. The van der Waals surface area contributed by atoms with E-state index >= 15 is 0 Å². The number of phenols is 6. The molecular formula is C30H18O6. The molecule has 174 valence electrons. The minimum absolute atomic E-state index is 0.116. The number of aromatic hydroxyl groups is 6. The van der Waals surface area contributed by atoms with Gasteiger partial charge in [-0.25, -0.2) is 0 Å². The first-order chi connectivity index (χ1) is 17.2. The number of hydrogen-bond acceptors (Lipinski definition) is 6. The summed E-state index contributed by atoms with van der Waals surface area (Å²) in [5.74, 6) is 16.8. The molecule has 4 aromatic carbocycles. The van der Waals surface area contributed by atoms with Crippen molar-refractivity contribution < 1.29 is 30.6 Å². The zero-order chi connectivity index (χ0) is 25.7. The van der Waals surface area contributed by atoms with Gasteiger partial charge in [-0.1, -0.05) is 35.5 Å². The summed E-state index contributed by atoms with van der Waals surface area (Å²) in [4.78, 5) is 0. The van der Waals surface area contributed by atoms with E-state index in [2.05, 4.69) is 35.5 Å². The summed E-state index contributed by atoms with van der Waals surface area (Å²) in [6.07, 6.45) is 0. The topological polar surface area (TPSA) is 121 Å². The van der Waals surface area contributed by atoms with Gasteiger partial charge in [0.15, 0.2) is 0 Å². The first-order valence-electron chi connectivity index (χ1n) is 10.5. The third-order valence-electron chi connectivity index (χ3n) is 4.69. The lowest BCUT2D eigenvalue weighted by Crippen LogP contribution is -1.86. The van der Waals surface area contributed by atoms with Crippen LogP contribution in [-0.4, -0.2) is 30.6 Å². The number of rotatable bonds is 0. The molecule has 6 heteroatoms. The van der Waals surface area contributed by atoms with Crippen molar-refractivity contribution in [2.45, 2.75) is 0 Å². The van der Waals surface area contributed by atoms with E-state index in [1.807, 2.05) is 0 Å². The predicted molar refractivity (Wildman–Crippen MR) is 134 cm³/mol. The van der Waals surface area contributed by atoms with Crippen molar-refractivity contribution in [3.8, 4) is 70.0 Å². The normalized spacial score (nSPS) is 9.67. The molecule has 0 radical (unpaired) electrons. The Morgan fingerprint density at radius 1 is 0.250 bits per heavy atom. The summed E-state index contributed by atoms with van der Waals surface area (Å²) >= 11 is 0. The number of phenolic OH excluding ortho intramolecular Hbond substituents is 6. The molecular weight excluding hydrogens is 456 g/mol. The van der Waals surface area contributed by atoms with Crippen molar-refractivity contribution in [3.05, 3.63) is 106 Å². The lowest BCUT2D eigenvalue weighted by molar-refractivity contribution is 0.449. The molecule has 0 aromatic heterocycles. The molecule has 0 unspecified atom stereocenters. The van der Waals surface area contributed by atoms with Crippen LogP contribution in [0.2, 0.25) is 0 Å². The Morgan fingerprint density at radius 3 is 0.611 bits per heavy atom. The molecule has 4 rings (SSSR count). The first-order valence-corrected chi connectivity index (χ1v) is 10.5. The van der Waals surface area contributed by atoms with E-state index in [0.717, 1.165) is 0 Å². The average molecular weight is 474 g/mol. The fraction of sp³-hybridized carbons (Fsp3) is 0. The highest BCUT2D eigenvalue weighted by Gasteiger charge is 2.01. The summed E-state index contributed by atoms with van der Waals surface area (Å²) in [5.41, 5.74) is 2.86. The maximum Gasteiger partial charge on any atom is 0.120 e. The van der Waals surface area contributed by atoms with Gasteiger partial charge in [0.2, 0.25) is 0 Å². The summed E-state index contributed by atoms with van der Waals surface area (Å²) in [7, 11) is 0. The van der Waals surface area contributed by atoms with Crippen LogP contribution in [-0.2, 0) is 0 Å². The molecule has 6 nitrogen and oxygen atoms in total. The largest absolute Gasteiger partial charge is 0.508 e. The van der Waals surface area contributed by atoms with Gasteiger partial charge in [-0.2, -0.15) is 0 Å². The van der Waals surface area contributed by atoms with Crippen LogP contribution in [0.1, 0.15) is 33.4 Å². The summed E-state index contributed by atoms with van der Waals surface area (Å²) < 4.78 is 0. The third-order valence-corrected chi connectivity index (χ3v) is 4.69. The Hall–Kier alpha value is -5.64. The molecule has 0 bridgehead atoms. The number of hydrogen-bond donors (Lipinski definition) is 6. The molecule has 0 atom stereocenters. The van der Waals surface area contributed by atoms with Crippen LogP contribution < -0.4 is 0 Å². The molecule has 0 amide bonds. The lowest BCUT2D eigenvalue weighted by atomic mass is 10.0. The van der Waals surface area contributed by atoms with Crippen LogP contribution in [0.25, 0.3) is 0 Å². The summed E-state index contributed by atoms with van der Waals surface area (Å²) in [6, 6.07) is 17.3. The second kappa shape index (κ2) is 10.1. The van der Waals surface area contributed by atoms with E-state index in [4.69, 9.17) is 0 Å². The molecule has 0 fully saturated rings. The van der Waals surface area contributed by atoms with E-state index in [1.54, 1.807) is 18.2 Å². The zero-order valence-electron chi connectivity index (χ0n) is 18.6. The van der Waals surface area contributed by atoms with Gasteiger partial charge in [0, 0.05) is 51.6 Å². The van der Waals surface area contributed by atoms with Gasteiger partial charge < -0.3 is 30.6 Å². The van der Waals surface area contributed by atoms with E-state index in [1.165, 1.54) is 54.6 Å². The maximum absolute atomic E-state index is 9.68. The van der Waals surface area contributed by atoms with Crippen molar-refractivity contribution in [1.29, 1.82) is 0 Å². The first kappa shape index (κ1) is 23.5. The van der Waals surface area contributed by atoms with E-state index in [0.29, 0.717) is 33.4 Å². The third kappa shape index (κ3) is 6.45. The zero-order valence-corrected chi connectivity index (χ0v) is 18.6. The Kier molecular flexibility index (Phi) is 6.60. The molecule has 0 spiro atoms. The lowest BCUT2D eigenvalue weighted by Gasteiger charge is -1.99. The second-order valence-corrected chi connectivity index (χ2v) is 7.76. The quantitative estimate of drug-likeness (QED) is 0.213. The van der Waals surface area contributed by atoms with Gasteiger partial charge >= 0.3 is 0 Å². The Morgan fingerprint density at radius 2 is 0.417 bits per heavy atom. The monoisotopic (exact) mass is 474 g/mol. The van der Waals surface area contributed by atoms with Crippen molar-refractivity contribution in [2.24, 2.45) is 0 Å². The van der Waals surface area contributed by atoms with Crippen molar-refractivity contribution in [2.75, 3.05) is 0 Å². The highest BCUT2D eigenvalue weighted by Crippen LogP contribution is 2.22. The van der Waals surface area contributed by atoms with Crippen LogP contribution in [0.15, 0.2) is 72.8 Å². The Labute approximate surface area is 207 Å². The fourth-order valence-corrected chi connectivity index (χ4v) is 3.28. The van der Waals surface area contributed by atoms with Gasteiger partial charge in [0.25, 0.3) is 0 Å². The van der Waals surface area contributed by atoms with Gasteiger partial charge in [-0.05, 0) is 54.6 Å². The molecule has 0 aliphatic rings. The Balaban J connectivity index is 1.76. The average Bonchev–Trinajstić information content (AvgIpc) is 2.78. The molecule has 0 heterocycles. The molecule has 4 aromatic rings. The molecule has 0 saturated heterocycles. The Bertz CT molecular complexity index is 1400.